The summed E-state index contributed by atoms with van der Waals surface area (Å²) in [5, 5.41) is 18.9. The Kier molecular flexibility index (Phi) is 2.90. The third kappa shape index (κ3) is 2.06. The Bertz CT molecular complexity index is 433. The van der Waals surface area contributed by atoms with E-state index in [1.165, 1.54) is 12.3 Å². The van der Waals surface area contributed by atoms with Crippen molar-refractivity contribution in [3.05, 3.63) is 22.7 Å². The molecule has 0 unspecified atom stereocenters. The minimum Gasteiger partial charge on any atom is -0.391 e. The molecule has 1 aromatic heterocycles. The lowest BCUT2D eigenvalue weighted by Gasteiger charge is -2.31. The predicted molar refractivity (Wildman–Crippen MR) is 54.5 cm³/mol. The van der Waals surface area contributed by atoms with Gasteiger partial charge in [-0.05, 0) is 6.07 Å². The van der Waals surface area contributed by atoms with E-state index >= 15 is 0 Å². The van der Waals surface area contributed by atoms with Gasteiger partial charge in [-0.3, -0.25) is 4.57 Å². The number of nitrogens with two attached hydrogens (primary N) is 1. The molecule has 0 saturated carbocycles. The van der Waals surface area contributed by atoms with Crippen LogP contribution in [0, 0.1) is 0 Å². The molecule has 0 aromatic carbocycles. The molecule has 0 radical (unpaired) electrons. The number of rotatable bonds is 1. The van der Waals surface area contributed by atoms with Crippen LogP contribution in [0.5, 0.6) is 0 Å². The average Bonchev–Trinajstić information content (AvgIpc) is 2.19. The lowest BCUT2D eigenvalue weighted by atomic mass is 10.1. The molecule has 88 valence electrons. The molecule has 7 heteroatoms. The largest absolute Gasteiger partial charge is 0.391 e. The van der Waals surface area contributed by atoms with Gasteiger partial charge < -0.3 is 20.7 Å². The van der Waals surface area contributed by atoms with E-state index in [-0.39, 0.29) is 18.8 Å². The Morgan fingerprint density at radius 2 is 2.31 bits per heavy atom. The molecule has 2 rings (SSSR count). The zero-order valence-corrected chi connectivity index (χ0v) is 8.48. The van der Waals surface area contributed by atoms with Crippen molar-refractivity contribution in [3.63, 3.8) is 0 Å². The number of aromatic nitrogens is 2. The molecular weight excluding hydrogens is 214 g/mol. The maximum atomic E-state index is 11.5. The normalized spacial score (nSPS) is 30.2. The molecule has 4 N–H and O–H groups in total. The molecule has 1 fully saturated rings. The zero-order chi connectivity index (χ0) is 11.7. The minimum absolute atomic E-state index is 0.0819. The fourth-order valence-corrected chi connectivity index (χ4v) is 1.67. The Morgan fingerprint density at radius 1 is 1.56 bits per heavy atom. The van der Waals surface area contributed by atoms with Crippen molar-refractivity contribution in [1.29, 1.82) is 0 Å². The van der Waals surface area contributed by atoms with E-state index in [1.54, 1.807) is 0 Å². The van der Waals surface area contributed by atoms with Crippen LogP contribution >= 0.6 is 0 Å². The van der Waals surface area contributed by atoms with E-state index in [4.69, 9.17) is 10.5 Å². The van der Waals surface area contributed by atoms with Crippen LogP contribution < -0.4 is 11.4 Å². The summed E-state index contributed by atoms with van der Waals surface area (Å²) in [5.41, 5.74) is 4.76. The third-order valence-electron chi connectivity index (χ3n) is 2.43. The standard InChI is InChI=1S/C9H13N3O4/c10-7-1-2-12(9(15)11-7)8-6(14)3-5(13)4-16-8/h1-2,5-6,8,13-14H,3-4H2,(H2,10,11,15)/t5-,6-,8-/m1/s1. The fraction of sp³-hybridized carbons (Fsp3) is 0.556. The highest BCUT2D eigenvalue weighted by atomic mass is 16.5. The van der Waals surface area contributed by atoms with Gasteiger partial charge in [0.2, 0.25) is 0 Å². The molecule has 0 spiro atoms. The monoisotopic (exact) mass is 227 g/mol. The van der Waals surface area contributed by atoms with E-state index in [1.807, 2.05) is 0 Å². The summed E-state index contributed by atoms with van der Waals surface area (Å²) in [5.74, 6) is 0.117. The van der Waals surface area contributed by atoms with Crippen molar-refractivity contribution in [1.82, 2.24) is 9.55 Å². The van der Waals surface area contributed by atoms with Gasteiger partial charge in [0.1, 0.15) is 11.9 Å². The maximum Gasteiger partial charge on any atom is 0.351 e. The molecule has 7 nitrogen and oxygen atoms in total. The van der Waals surface area contributed by atoms with Crippen LogP contribution in [0.1, 0.15) is 12.6 Å². The van der Waals surface area contributed by atoms with Gasteiger partial charge in [-0.15, -0.1) is 0 Å². The quantitative estimate of drug-likeness (QED) is 0.536. The van der Waals surface area contributed by atoms with Crippen molar-refractivity contribution in [3.8, 4) is 0 Å². The number of nitrogens with zero attached hydrogens (tertiary/aromatic N) is 2. The van der Waals surface area contributed by atoms with Gasteiger partial charge in [0.25, 0.3) is 0 Å². The van der Waals surface area contributed by atoms with Crippen molar-refractivity contribution in [2.75, 3.05) is 12.3 Å². The number of hydrogen-bond donors (Lipinski definition) is 3. The predicted octanol–water partition coefficient (Wildman–Crippen LogP) is -1.53. The number of ether oxygens (including phenoxy) is 1. The van der Waals surface area contributed by atoms with Crippen LogP contribution in [0.15, 0.2) is 17.1 Å². The first-order valence-corrected chi connectivity index (χ1v) is 4.90. The fourth-order valence-electron chi connectivity index (χ4n) is 1.67. The second-order valence-electron chi connectivity index (χ2n) is 3.72. The molecule has 0 bridgehead atoms. The number of hydrogen-bond acceptors (Lipinski definition) is 6. The Morgan fingerprint density at radius 3 is 2.94 bits per heavy atom. The Hall–Kier alpha value is -1.44. The summed E-state index contributed by atoms with van der Waals surface area (Å²) in [4.78, 5) is 15.0. The number of anilines is 1. The smallest absolute Gasteiger partial charge is 0.351 e. The molecule has 1 aromatic rings. The molecule has 1 aliphatic rings. The molecule has 2 heterocycles. The van der Waals surface area contributed by atoms with Crippen molar-refractivity contribution < 1.29 is 14.9 Å². The first kappa shape index (κ1) is 11.1. The third-order valence-corrected chi connectivity index (χ3v) is 2.43. The van der Waals surface area contributed by atoms with Crippen molar-refractivity contribution in [2.45, 2.75) is 24.9 Å². The van der Waals surface area contributed by atoms with Crippen molar-refractivity contribution in [2.24, 2.45) is 0 Å². The molecule has 1 aliphatic heterocycles. The van der Waals surface area contributed by atoms with E-state index < -0.39 is 24.1 Å². The summed E-state index contributed by atoms with van der Waals surface area (Å²) in [6.45, 7) is 0.0819. The van der Waals surface area contributed by atoms with Gasteiger partial charge in [-0.2, -0.15) is 4.98 Å². The molecule has 1 saturated heterocycles. The topological polar surface area (TPSA) is 111 Å². The number of aliphatic hydroxyl groups excluding tert-OH is 2. The molecular formula is C9H13N3O4. The zero-order valence-electron chi connectivity index (χ0n) is 8.48. The van der Waals surface area contributed by atoms with Crippen LogP contribution in [0.25, 0.3) is 0 Å². The van der Waals surface area contributed by atoms with E-state index in [2.05, 4.69) is 4.98 Å². The van der Waals surface area contributed by atoms with E-state index in [0.29, 0.717) is 0 Å². The average molecular weight is 227 g/mol. The first-order chi connectivity index (χ1) is 7.58. The lowest BCUT2D eigenvalue weighted by Crippen LogP contribution is -2.42. The minimum atomic E-state index is -0.938. The van der Waals surface area contributed by atoms with Crippen LogP contribution in [-0.4, -0.2) is 38.6 Å². The van der Waals surface area contributed by atoms with Crippen molar-refractivity contribution >= 4 is 5.82 Å². The molecule has 0 aliphatic carbocycles. The Balaban J connectivity index is 2.27. The van der Waals surface area contributed by atoms with Crippen LogP contribution in [-0.2, 0) is 4.74 Å². The van der Waals surface area contributed by atoms with Gasteiger partial charge in [0.05, 0.1) is 12.7 Å². The van der Waals surface area contributed by atoms with Crippen LogP contribution in [0.3, 0.4) is 0 Å². The summed E-state index contributed by atoms with van der Waals surface area (Å²) in [7, 11) is 0. The summed E-state index contributed by atoms with van der Waals surface area (Å²) in [6.07, 6.45) is -0.878. The van der Waals surface area contributed by atoms with Gasteiger partial charge in [0, 0.05) is 12.6 Å². The summed E-state index contributed by atoms with van der Waals surface area (Å²) in [6, 6.07) is 1.45. The number of nitrogen functional groups attached to an aromatic ring is 1. The molecule has 3 atom stereocenters. The maximum absolute atomic E-state index is 11.5. The van der Waals surface area contributed by atoms with Gasteiger partial charge in [0.15, 0.2) is 6.23 Å². The van der Waals surface area contributed by atoms with E-state index in [0.717, 1.165) is 4.57 Å². The lowest BCUT2D eigenvalue weighted by molar-refractivity contribution is -0.156. The van der Waals surface area contributed by atoms with Crippen LogP contribution in [0.4, 0.5) is 5.82 Å². The highest BCUT2D eigenvalue weighted by Gasteiger charge is 2.30. The van der Waals surface area contributed by atoms with Gasteiger partial charge >= 0.3 is 5.69 Å². The highest BCUT2D eigenvalue weighted by molar-refractivity contribution is 5.23. The highest BCUT2D eigenvalue weighted by Crippen LogP contribution is 2.21. The first-order valence-electron chi connectivity index (χ1n) is 4.90. The number of aliphatic hydroxyl groups is 2. The summed E-state index contributed by atoms with van der Waals surface area (Å²) >= 11 is 0. The van der Waals surface area contributed by atoms with E-state index in [9.17, 15) is 15.0 Å². The second kappa shape index (κ2) is 4.20. The van der Waals surface area contributed by atoms with Crippen LogP contribution in [0.2, 0.25) is 0 Å². The molecule has 0 amide bonds. The Labute approximate surface area is 91.1 Å². The molecule has 16 heavy (non-hydrogen) atoms. The SMILES string of the molecule is Nc1ccn([C@@H]2OC[C@H](O)C[C@H]2O)c(=O)n1. The van der Waals surface area contributed by atoms with Gasteiger partial charge in [-0.25, -0.2) is 4.79 Å². The second-order valence-corrected chi connectivity index (χ2v) is 3.72. The van der Waals surface area contributed by atoms with Gasteiger partial charge in [-0.1, -0.05) is 0 Å². The summed E-state index contributed by atoms with van der Waals surface area (Å²) < 4.78 is 6.35.